The van der Waals surface area contributed by atoms with Gasteiger partial charge in [0.25, 0.3) is 0 Å². The second kappa shape index (κ2) is 12.0. The first-order chi connectivity index (χ1) is 23.6. The summed E-state index contributed by atoms with van der Waals surface area (Å²) in [4.78, 5) is 0. The molecule has 0 aliphatic carbocycles. The molecule has 9 rings (SSSR count). The molecular formula is C44H28Br2O2. The van der Waals surface area contributed by atoms with Crippen molar-refractivity contribution in [3.63, 3.8) is 0 Å². The first kappa shape index (κ1) is 29.3. The Morgan fingerprint density at radius 3 is 1.25 bits per heavy atom. The Hall–Kier alpha value is -4.90. The van der Waals surface area contributed by atoms with Crippen LogP contribution >= 0.6 is 31.9 Å². The summed E-state index contributed by atoms with van der Waals surface area (Å²) in [6.07, 6.45) is 4.17. The Morgan fingerprint density at radius 2 is 0.833 bits per heavy atom. The number of ether oxygens (including phenoxy) is 2. The summed E-state index contributed by atoms with van der Waals surface area (Å²) in [7, 11) is 0. The predicted molar refractivity (Wildman–Crippen MR) is 205 cm³/mol. The first-order valence-electron chi connectivity index (χ1n) is 16.0. The van der Waals surface area contributed by atoms with Crippen molar-refractivity contribution in [3.8, 4) is 11.5 Å². The van der Waals surface area contributed by atoms with E-state index in [0.29, 0.717) is 0 Å². The highest BCUT2D eigenvalue weighted by atomic mass is 79.9. The normalized spacial score (nSPS) is 16.7. The lowest BCUT2D eigenvalue weighted by molar-refractivity contribution is 0.261. The van der Waals surface area contributed by atoms with Crippen LogP contribution in [0.5, 0.6) is 11.5 Å². The maximum Gasteiger partial charge on any atom is 0.149 e. The van der Waals surface area contributed by atoms with Crippen molar-refractivity contribution in [2.24, 2.45) is 0 Å². The summed E-state index contributed by atoms with van der Waals surface area (Å²) in [5.74, 6) is 1.79. The van der Waals surface area contributed by atoms with Gasteiger partial charge in [0.05, 0.1) is 0 Å². The van der Waals surface area contributed by atoms with Crippen LogP contribution in [0, 0.1) is 0 Å². The molecule has 2 aliphatic heterocycles. The summed E-state index contributed by atoms with van der Waals surface area (Å²) in [5, 5.41) is 4.69. The Bertz CT molecular complexity index is 2240. The highest BCUT2D eigenvalue weighted by Crippen LogP contribution is 2.47. The lowest BCUT2D eigenvalue weighted by Gasteiger charge is -2.30. The van der Waals surface area contributed by atoms with Gasteiger partial charge in [-0.15, -0.1) is 0 Å². The van der Waals surface area contributed by atoms with Gasteiger partial charge in [0.1, 0.15) is 23.7 Å². The lowest BCUT2D eigenvalue weighted by Crippen LogP contribution is -2.15. The van der Waals surface area contributed by atoms with Gasteiger partial charge in [-0.05, 0) is 92.3 Å². The molecule has 0 saturated heterocycles. The molecule has 0 amide bonds. The molecule has 48 heavy (non-hydrogen) atoms. The van der Waals surface area contributed by atoms with Crippen LogP contribution < -0.4 is 9.47 Å². The van der Waals surface area contributed by atoms with E-state index in [1.807, 2.05) is 12.1 Å². The van der Waals surface area contributed by atoms with Crippen LogP contribution in [0.25, 0.3) is 44.8 Å². The van der Waals surface area contributed by atoms with E-state index in [2.05, 4.69) is 177 Å². The zero-order valence-corrected chi connectivity index (χ0v) is 28.9. The number of hydrogen-bond donors (Lipinski definition) is 0. The van der Waals surface area contributed by atoms with E-state index in [0.717, 1.165) is 65.0 Å². The Morgan fingerprint density at radius 1 is 0.417 bits per heavy atom. The standard InChI is InChI=1S/C44H28Br2O2/c45-33-17-19-35-31(23-33)15-21-41-39(35)25-37(43(47-41)29-7-3-1-4-8-29)27-11-13-28(14-12-27)38-26-40-36-20-18-34(46)24-32(36)16-22-42(40)48-44(38)30-9-5-2-6-10-30/h1-26,43-44H. The monoisotopic (exact) mass is 746 g/mol. The van der Waals surface area contributed by atoms with Crippen molar-refractivity contribution in [1.29, 1.82) is 0 Å². The third-order valence-electron chi connectivity index (χ3n) is 9.38. The zero-order valence-electron chi connectivity index (χ0n) is 25.7. The minimum atomic E-state index is -0.232. The molecule has 2 heterocycles. The summed E-state index contributed by atoms with van der Waals surface area (Å²) >= 11 is 7.27. The number of rotatable bonds is 4. The molecule has 2 nitrogen and oxygen atoms in total. The van der Waals surface area contributed by atoms with E-state index in [4.69, 9.17) is 9.47 Å². The van der Waals surface area contributed by atoms with E-state index < -0.39 is 0 Å². The number of fused-ring (bicyclic) bond motifs is 6. The second-order valence-electron chi connectivity index (χ2n) is 12.3. The fourth-order valence-corrected chi connectivity index (χ4v) is 7.79. The minimum Gasteiger partial charge on any atom is -0.480 e. The first-order valence-corrected chi connectivity index (χ1v) is 17.6. The third kappa shape index (κ3) is 5.17. The van der Waals surface area contributed by atoms with E-state index in [9.17, 15) is 0 Å². The van der Waals surface area contributed by atoms with E-state index >= 15 is 0 Å². The lowest BCUT2D eigenvalue weighted by atomic mass is 9.86. The van der Waals surface area contributed by atoms with E-state index in [1.54, 1.807) is 0 Å². The van der Waals surface area contributed by atoms with Crippen LogP contribution in [-0.4, -0.2) is 0 Å². The average molecular weight is 749 g/mol. The average Bonchev–Trinajstić information content (AvgIpc) is 3.14. The molecule has 0 radical (unpaired) electrons. The number of benzene rings is 7. The third-order valence-corrected chi connectivity index (χ3v) is 10.4. The van der Waals surface area contributed by atoms with Gasteiger partial charge >= 0.3 is 0 Å². The molecule has 0 N–H and O–H groups in total. The van der Waals surface area contributed by atoms with Gasteiger partial charge in [0, 0.05) is 31.2 Å². The SMILES string of the molecule is Brc1ccc2c3c(ccc2c1)OC(c1ccccc1)C(c1ccc(C2=Cc4c(ccc5cc(Br)ccc45)OC2c2ccccc2)cc1)=C3. The largest absolute Gasteiger partial charge is 0.480 e. The molecule has 2 unspecified atom stereocenters. The van der Waals surface area contributed by atoms with Gasteiger partial charge in [0.15, 0.2) is 0 Å². The van der Waals surface area contributed by atoms with Gasteiger partial charge in [-0.3, -0.25) is 0 Å². The van der Waals surface area contributed by atoms with Gasteiger partial charge in [-0.1, -0.05) is 141 Å². The zero-order chi connectivity index (χ0) is 32.2. The highest BCUT2D eigenvalue weighted by Gasteiger charge is 2.29. The van der Waals surface area contributed by atoms with E-state index in [1.165, 1.54) is 21.5 Å². The molecule has 0 fully saturated rings. The van der Waals surface area contributed by atoms with Crippen LogP contribution in [0.3, 0.4) is 0 Å². The molecule has 7 aromatic rings. The van der Waals surface area contributed by atoms with Crippen molar-refractivity contribution < 1.29 is 9.47 Å². The molecule has 4 heteroatoms. The number of hydrogen-bond acceptors (Lipinski definition) is 2. The van der Waals surface area contributed by atoms with Crippen LogP contribution in [0.4, 0.5) is 0 Å². The van der Waals surface area contributed by atoms with Crippen LogP contribution in [0.15, 0.2) is 155 Å². The Kier molecular flexibility index (Phi) is 7.29. The molecule has 2 aliphatic rings. The summed E-state index contributed by atoms with van der Waals surface area (Å²) in [5.41, 5.74) is 8.96. The molecular weight excluding hydrogens is 720 g/mol. The minimum absolute atomic E-state index is 0.232. The smallest absolute Gasteiger partial charge is 0.149 e. The molecule has 0 bridgehead atoms. The van der Waals surface area contributed by atoms with Gasteiger partial charge in [-0.25, -0.2) is 0 Å². The van der Waals surface area contributed by atoms with Crippen molar-refractivity contribution in [2.45, 2.75) is 12.2 Å². The summed E-state index contributed by atoms with van der Waals surface area (Å²) in [6.45, 7) is 0. The maximum absolute atomic E-state index is 6.82. The van der Waals surface area contributed by atoms with E-state index in [-0.39, 0.29) is 12.2 Å². The predicted octanol–water partition coefficient (Wildman–Crippen LogP) is 12.9. The van der Waals surface area contributed by atoms with Crippen molar-refractivity contribution in [3.05, 3.63) is 188 Å². The van der Waals surface area contributed by atoms with Gasteiger partial charge in [0.2, 0.25) is 0 Å². The van der Waals surface area contributed by atoms with Crippen LogP contribution in [0.2, 0.25) is 0 Å². The Labute approximate surface area is 296 Å². The highest BCUT2D eigenvalue weighted by molar-refractivity contribution is 9.10. The van der Waals surface area contributed by atoms with Crippen molar-refractivity contribution >= 4 is 76.7 Å². The van der Waals surface area contributed by atoms with Crippen LogP contribution in [-0.2, 0) is 0 Å². The van der Waals surface area contributed by atoms with Crippen molar-refractivity contribution in [1.82, 2.24) is 0 Å². The fourth-order valence-electron chi connectivity index (χ4n) is 7.03. The second-order valence-corrected chi connectivity index (χ2v) is 14.1. The maximum atomic E-state index is 6.82. The van der Waals surface area contributed by atoms with Crippen LogP contribution in [0.1, 0.15) is 45.6 Å². The summed E-state index contributed by atoms with van der Waals surface area (Å²) < 4.78 is 15.8. The fraction of sp³-hybridized carbons (Fsp3) is 0.0455. The Balaban J connectivity index is 1.18. The topological polar surface area (TPSA) is 18.5 Å². The van der Waals surface area contributed by atoms with Gasteiger partial charge < -0.3 is 9.47 Å². The molecule has 7 aromatic carbocycles. The van der Waals surface area contributed by atoms with Gasteiger partial charge in [-0.2, -0.15) is 0 Å². The van der Waals surface area contributed by atoms with Crippen molar-refractivity contribution in [2.75, 3.05) is 0 Å². The molecule has 0 spiro atoms. The molecule has 230 valence electrons. The quantitative estimate of drug-likeness (QED) is 0.178. The summed E-state index contributed by atoms with van der Waals surface area (Å²) in [6, 6.07) is 51.2. The molecule has 0 saturated carbocycles. The molecule has 2 atom stereocenters. The number of halogens is 2. The molecule has 0 aromatic heterocycles.